The molecule has 0 saturated carbocycles. The molecule has 0 bridgehead atoms. The molecule has 0 aliphatic heterocycles. The highest BCUT2D eigenvalue weighted by Crippen LogP contribution is 2.10. The Balaban J connectivity index is 2.28. The van der Waals surface area contributed by atoms with Crippen molar-refractivity contribution in [3.8, 4) is 0 Å². The summed E-state index contributed by atoms with van der Waals surface area (Å²) in [7, 11) is 0. The van der Waals surface area contributed by atoms with Crippen LogP contribution in [0.4, 0.5) is 0 Å². The summed E-state index contributed by atoms with van der Waals surface area (Å²) in [4.78, 5) is 12.0. The van der Waals surface area contributed by atoms with Crippen molar-refractivity contribution in [3.05, 3.63) is 59.4 Å². The quantitative estimate of drug-likeness (QED) is 0.733. The molecule has 0 saturated heterocycles. The minimum absolute atomic E-state index is 0.0162. The Kier molecular flexibility index (Phi) is 3.05. The lowest BCUT2D eigenvalue weighted by Crippen LogP contribution is -2.02. The summed E-state index contributed by atoms with van der Waals surface area (Å²) < 4.78 is 0. The standard InChI is InChI=1S/C13H12N2O/c1-2-10-3-5-11(6-4-10)13(16)12-7-8-14-15-9-12/h3-9H,2H2,1H3. The van der Waals surface area contributed by atoms with Crippen molar-refractivity contribution in [3.63, 3.8) is 0 Å². The van der Waals surface area contributed by atoms with Crippen LogP contribution in [0.5, 0.6) is 0 Å². The SMILES string of the molecule is CCc1ccc(C(=O)c2ccnnc2)cc1. The Morgan fingerprint density at radius 2 is 1.81 bits per heavy atom. The number of aromatic nitrogens is 2. The van der Waals surface area contributed by atoms with Crippen LogP contribution in [0.3, 0.4) is 0 Å². The second-order valence-electron chi connectivity index (χ2n) is 3.51. The minimum Gasteiger partial charge on any atom is -0.289 e. The van der Waals surface area contributed by atoms with Crippen LogP contribution in [0, 0.1) is 0 Å². The second kappa shape index (κ2) is 4.66. The number of carbonyl (C=O) groups is 1. The van der Waals surface area contributed by atoms with Crippen molar-refractivity contribution in [1.82, 2.24) is 10.2 Å². The summed E-state index contributed by atoms with van der Waals surface area (Å²) in [5.41, 5.74) is 2.48. The Morgan fingerprint density at radius 1 is 1.06 bits per heavy atom. The van der Waals surface area contributed by atoms with Gasteiger partial charge in [-0.3, -0.25) is 4.79 Å². The zero-order chi connectivity index (χ0) is 11.4. The lowest BCUT2D eigenvalue weighted by atomic mass is 10.0. The number of nitrogens with zero attached hydrogens (tertiary/aromatic N) is 2. The van der Waals surface area contributed by atoms with Crippen molar-refractivity contribution in [2.75, 3.05) is 0 Å². The third kappa shape index (κ3) is 2.14. The van der Waals surface area contributed by atoms with Crippen LogP contribution < -0.4 is 0 Å². The number of benzene rings is 1. The molecule has 0 fully saturated rings. The smallest absolute Gasteiger partial charge is 0.194 e. The molecule has 80 valence electrons. The fourth-order valence-corrected chi connectivity index (χ4v) is 1.48. The van der Waals surface area contributed by atoms with Gasteiger partial charge in [0.25, 0.3) is 0 Å². The van der Waals surface area contributed by atoms with E-state index in [9.17, 15) is 4.79 Å². The van der Waals surface area contributed by atoms with E-state index in [1.165, 1.54) is 18.0 Å². The Morgan fingerprint density at radius 3 is 2.38 bits per heavy atom. The molecule has 0 atom stereocenters. The van der Waals surface area contributed by atoms with Crippen molar-refractivity contribution >= 4 is 5.78 Å². The van der Waals surface area contributed by atoms with Gasteiger partial charge in [-0.1, -0.05) is 31.2 Å². The normalized spacial score (nSPS) is 10.1. The van der Waals surface area contributed by atoms with Crippen molar-refractivity contribution in [1.29, 1.82) is 0 Å². The van der Waals surface area contributed by atoms with Gasteiger partial charge in [-0.2, -0.15) is 10.2 Å². The molecule has 1 aromatic carbocycles. The van der Waals surface area contributed by atoms with Gasteiger partial charge in [-0.25, -0.2) is 0 Å². The number of aryl methyl sites for hydroxylation is 1. The second-order valence-corrected chi connectivity index (χ2v) is 3.51. The molecule has 2 aromatic rings. The first-order valence-corrected chi connectivity index (χ1v) is 5.21. The third-order valence-electron chi connectivity index (χ3n) is 2.47. The molecule has 0 amide bonds. The number of hydrogen-bond donors (Lipinski definition) is 0. The van der Waals surface area contributed by atoms with Gasteiger partial charge in [0.15, 0.2) is 5.78 Å². The van der Waals surface area contributed by atoms with Crippen molar-refractivity contribution < 1.29 is 4.79 Å². The molecular formula is C13H12N2O. The molecule has 16 heavy (non-hydrogen) atoms. The highest BCUT2D eigenvalue weighted by atomic mass is 16.1. The molecular weight excluding hydrogens is 200 g/mol. The van der Waals surface area contributed by atoms with Crippen LogP contribution in [-0.4, -0.2) is 16.0 Å². The summed E-state index contributed by atoms with van der Waals surface area (Å²) in [5, 5.41) is 7.34. The maximum absolute atomic E-state index is 12.0. The molecule has 0 spiro atoms. The third-order valence-corrected chi connectivity index (χ3v) is 2.47. The number of carbonyl (C=O) groups excluding carboxylic acids is 1. The lowest BCUT2D eigenvalue weighted by molar-refractivity contribution is 0.103. The molecule has 3 nitrogen and oxygen atoms in total. The van der Waals surface area contributed by atoms with Gasteiger partial charge in [0.05, 0.1) is 12.4 Å². The summed E-state index contributed by atoms with van der Waals surface area (Å²) in [5.74, 6) is -0.0162. The van der Waals surface area contributed by atoms with Crippen LogP contribution in [0.2, 0.25) is 0 Å². The van der Waals surface area contributed by atoms with Gasteiger partial charge < -0.3 is 0 Å². The average Bonchev–Trinajstić information content (AvgIpc) is 2.39. The first kappa shape index (κ1) is 10.5. The summed E-state index contributed by atoms with van der Waals surface area (Å²) in [6.07, 6.45) is 3.98. The van der Waals surface area contributed by atoms with Crippen LogP contribution >= 0.6 is 0 Å². The summed E-state index contributed by atoms with van der Waals surface area (Å²) in [6, 6.07) is 9.32. The fourth-order valence-electron chi connectivity index (χ4n) is 1.48. The monoisotopic (exact) mass is 212 g/mol. The average molecular weight is 212 g/mol. The maximum Gasteiger partial charge on any atom is 0.194 e. The van der Waals surface area contributed by atoms with Gasteiger partial charge >= 0.3 is 0 Å². The molecule has 0 radical (unpaired) electrons. The van der Waals surface area contributed by atoms with E-state index in [1.54, 1.807) is 6.07 Å². The van der Waals surface area contributed by atoms with E-state index in [1.807, 2.05) is 24.3 Å². The van der Waals surface area contributed by atoms with Gasteiger partial charge in [0.2, 0.25) is 0 Å². The van der Waals surface area contributed by atoms with Gasteiger partial charge in [-0.15, -0.1) is 0 Å². The summed E-state index contributed by atoms with van der Waals surface area (Å²) in [6.45, 7) is 2.09. The van der Waals surface area contributed by atoms with Crippen LogP contribution in [0.1, 0.15) is 28.4 Å². The van der Waals surface area contributed by atoms with Crippen molar-refractivity contribution in [2.24, 2.45) is 0 Å². The molecule has 3 heteroatoms. The molecule has 0 unspecified atom stereocenters. The molecule has 1 heterocycles. The largest absolute Gasteiger partial charge is 0.289 e. The van der Waals surface area contributed by atoms with E-state index in [2.05, 4.69) is 17.1 Å². The van der Waals surface area contributed by atoms with Crippen LogP contribution in [-0.2, 0) is 6.42 Å². The number of rotatable bonds is 3. The van der Waals surface area contributed by atoms with E-state index < -0.39 is 0 Å². The Labute approximate surface area is 94.2 Å². The minimum atomic E-state index is -0.0162. The predicted molar refractivity (Wildman–Crippen MR) is 61.3 cm³/mol. The van der Waals surface area contributed by atoms with E-state index in [0.29, 0.717) is 11.1 Å². The van der Waals surface area contributed by atoms with E-state index in [-0.39, 0.29) is 5.78 Å². The fraction of sp³-hybridized carbons (Fsp3) is 0.154. The van der Waals surface area contributed by atoms with Gasteiger partial charge in [0, 0.05) is 11.1 Å². The van der Waals surface area contributed by atoms with Gasteiger partial charge in [0.1, 0.15) is 0 Å². The highest BCUT2D eigenvalue weighted by molar-refractivity contribution is 6.08. The van der Waals surface area contributed by atoms with Crippen LogP contribution in [0.25, 0.3) is 0 Å². The summed E-state index contributed by atoms with van der Waals surface area (Å²) >= 11 is 0. The predicted octanol–water partition coefficient (Wildman–Crippen LogP) is 2.27. The van der Waals surface area contributed by atoms with E-state index in [0.717, 1.165) is 6.42 Å². The van der Waals surface area contributed by atoms with Gasteiger partial charge in [-0.05, 0) is 18.1 Å². The number of ketones is 1. The molecule has 0 aliphatic rings. The van der Waals surface area contributed by atoms with Crippen LogP contribution in [0.15, 0.2) is 42.7 Å². The zero-order valence-corrected chi connectivity index (χ0v) is 9.05. The molecule has 1 aromatic heterocycles. The van der Waals surface area contributed by atoms with E-state index in [4.69, 9.17) is 0 Å². The Bertz CT molecular complexity index is 477. The first-order valence-electron chi connectivity index (χ1n) is 5.21. The molecule has 0 N–H and O–H groups in total. The Hall–Kier alpha value is -2.03. The molecule has 0 aliphatic carbocycles. The lowest BCUT2D eigenvalue weighted by Gasteiger charge is -2.01. The first-order chi connectivity index (χ1) is 7.81. The number of hydrogen-bond acceptors (Lipinski definition) is 3. The topological polar surface area (TPSA) is 42.9 Å². The maximum atomic E-state index is 12.0. The zero-order valence-electron chi connectivity index (χ0n) is 9.05. The molecule has 2 rings (SSSR count). The highest BCUT2D eigenvalue weighted by Gasteiger charge is 2.08. The van der Waals surface area contributed by atoms with Crippen molar-refractivity contribution in [2.45, 2.75) is 13.3 Å². The van der Waals surface area contributed by atoms with E-state index >= 15 is 0 Å².